The first-order valence-electron chi connectivity index (χ1n) is 14.8. The number of carbonyl (C=O) groups excluding carboxylic acids is 1. The number of amides is 1. The third-order valence-electron chi connectivity index (χ3n) is 9.07. The van der Waals surface area contributed by atoms with Crippen LogP contribution in [0.1, 0.15) is 74.8 Å². The third-order valence-corrected chi connectivity index (χ3v) is 10.5. The predicted molar refractivity (Wildman–Crippen MR) is 154 cm³/mol. The van der Waals surface area contributed by atoms with E-state index in [0.717, 1.165) is 25.7 Å². The molecule has 1 saturated heterocycles. The highest BCUT2D eigenvalue weighted by molar-refractivity contribution is 7.90. The van der Waals surface area contributed by atoms with Gasteiger partial charge in [0.05, 0.1) is 23.3 Å². The zero-order valence-corrected chi connectivity index (χ0v) is 25.7. The molecule has 2 aliphatic heterocycles. The number of hydrogen-bond acceptors (Lipinski definition) is 8. The predicted octanol–water partition coefficient (Wildman–Crippen LogP) is 4.79. The van der Waals surface area contributed by atoms with Gasteiger partial charge in [0.15, 0.2) is 5.82 Å². The lowest BCUT2D eigenvalue weighted by Gasteiger charge is -2.34. The van der Waals surface area contributed by atoms with E-state index >= 15 is 0 Å². The van der Waals surface area contributed by atoms with Crippen molar-refractivity contribution in [2.24, 2.45) is 11.3 Å². The monoisotopic (exact) mass is 635 g/mol. The highest BCUT2D eigenvalue weighted by Gasteiger charge is 2.62. The molecule has 3 aromatic heterocycles. The number of carbonyl (C=O) groups is 1. The normalized spacial score (nSPS) is 22.5. The summed E-state index contributed by atoms with van der Waals surface area (Å²) in [6.45, 7) is 6.83. The second-order valence-electron chi connectivity index (χ2n) is 12.8. The number of rotatable bonds is 5. The average molecular weight is 636 g/mol. The van der Waals surface area contributed by atoms with E-state index in [0.29, 0.717) is 36.3 Å². The van der Waals surface area contributed by atoms with Gasteiger partial charge in [-0.1, -0.05) is 6.42 Å². The Bertz CT molecular complexity index is 1680. The maximum atomic E-state index is 13.6. The number of halogens is 3. The standard InChI is InChI=1S/C29H36F3N7O4S/c1-19-22-18-37(34-19)13-5-4-6-20-16-27(2,3)38(17-20)25-21(26(40)36-44(22,41)42)7-8-23(33-25)39-14-9-24(35-39)43-15-12-28(10-11-28)29(30,31)32/h7-9,14,18,20H,4-6,10-13,15-17H2,1-3H3,(H,36,40). The fourth-order valence-corrected chi connectivity index (χ4v) is 7.56. The minimum Gasteiger partial charge on any atom is -0.477 e. The Labute approximate surface area is 253 Å². The summed E-state index contributed by atoms with van der Waals surface area (Å²) >= 11 is 0. The molecule has 3 aromatic rings. The van der Waals surface area contributed by atoms with Crippen LogP contribution in [0.5, 0.6) is 5.88 Å². The zero-order chi connectivity index (χ0) is 31.5. The van der Waals surface area contributed by atoms with Crippen LogP contribution in [-0.4, -0.2) is 63.7 Å². The van der Waals surface area contributed by atoms with Crippen LogP contribution in [0.15, 0.2) is 35.5 Å². The summed E-state index contributed by atoms with van der Waals surface area (Å²) in [7, 11) is -4.22. The second kappa shape index (κ2) is 10.8. The number of ether oxygens (including phenoxy) is 1. The summed E-state index contributed by atoms with van der Waals surface area (Å²) in [4.78, 5) is 20.4. The van der Waals surface area contributed by atoms with Gasteiger partial charge in [0.2, 0.25) is 5.88 Å². The molecule has 4 bridgehead atoms. The molecule has 1 amide bonds. The summed E-state index contributed by atoms with van der Waals surface area (Å²) in [5.41, 5.74) is -1.63. The fourth-order valence-electron chi connectivity index (χ4n) is 6.41. The van der Waals surface area contributed by atoms with Crippen LogP contribution in [0.3, 0.4) is 0 Å². The Balaban J connectivity index is 1.30. The highest BCUT2D eigenvalue weighted by atomic mass is 32.2. The van der Waals surface area contributed by atoms with Crippen LogP contribution in [0.2, 0.25) is 0 Å². The van der Waals surface area contributed by atoms with Crippen LogP contribution in [0.4, 0.5) is 19.0 Å². The van der Waals surface area contributed by atoms with Gasteiger partial charge in [-0.15, -0.1) is 5.10 Å². The molecule has 5 heterocycles. The van der Waals surface area contributed by atoms with Crippen molar-refractivity contribution in [2.45, 2.75) is 88.9 Å². The first kappa shape index (κ1) is 30.4. The molecule has 0 aromatic carbocycles. The third kappa shape index (κ3) is 5.77. The van der Waals surface area contributed by atoms with Crippen LogP contribution in [-0.2, 0) is 16.6 Å². The van der Waals surface area contributed by atoms with Crippen molar-refractivity contribution in [2.75, 3.05) is 18.1 Å². The molecule has 3 aliphatic rings. The van der Waals surface area contributed by atoms with E-state index in [9.17, 15) is 26.4 Å². The first-order valence-corrected chi connectivity index (χ1v) is 16.3. The van der Waals surface area contributed by atoms with Gasteiger partial charge in [-0.25, -0.2) is 22.8 Å². The molecule has 238 valence electrons. The van der Waals surface area contributed by atoms with Crippen molar-refractivity contribution in [1.29, 1.82) is 0 Å². The summed E-state index contributed by atoms with van der Waals surface area (Å²) < 4.78 is 77.2. The lowest BCUT2D eigenvalue weighted by molar-refractivity contribution is -0.190. The molecule has 0 radical (unpaired) electrons. The van der Waals surface area contributed by atoms with E-state index in [1.807, 2.05) is 0 Å². The lowest BCUT2D eigenvalue weighted by Crippen LogP contribution is -2.41. The van der Waals surface area contributed by atoms with Gasteiger partial charge < -0.3 is 9.64 Å². The number of aryl methyl sites for hydroxylation is 2. The smallest absolute Gasteiger partial charge is 0.394 e. The molecule has 1 aliphatic carbocycles. The number of alkyl halides is 3. The molecular weight excluding hydrogens is 599 g/mol. The van der Waals surface area contributed by atoms with Gasteiger partial charge in [0, 0.05) is 37.1 Å². The van der Waals surface area contributed by atoms with Gasteiger partial charge in [0.1, 0.15) is 10.7 Å². The average Bonchev–Trinajstić information content (AvgIpc) is 3.27. The lowest BCUT2D eigenvalue weighted by atomic mass is 9.93. The minimum atomic E-state index is -4.25. The van der Waals surface area contributed by atoms with Crippen LogP contribution >= 0.6 is 0 Å². The van der Waals surface area contributed by atoms with Crippen LogP contribution in [0.25, 0.3) is 5.82 Å². The Morgan fingerprint density at radius 2 is 1.91 bits per heavy atom. The van der Waals surface area contributed by atoms with Crippen molar-refractivity contribution in [1.82, 2.24) is 29.3 Å². The maximum Gasteiger partial charge on any atom is 0.394 e. The van der Waals surface area contributed by atoms with E-state index in [1.54, 1.807) is 29.9 Å². The van der Waals surface area contributed by atoms with Crippen molar-refractivity contribution in [3.8, 4) is 11.7 Å². The van der Waals surface area contributed by atoms with Crippen molar-refractivity contribution in [3.05, 3.63) is 41.9 Å². The SMILES string of the molecule is Cc1nn2cc1S(=O)(=O)NC(=O)c1ccc(-n3ccc(OCCC4(C(F)(F)F)CC4)n3)nc1N1CC(CCCC2)CC1(C)C. The molecule has 1 saturated carbocycles. The Morgan fingerprint density at radius 1 is 1.14 bits per heavy atom. The second-order valence-corrected chi connectivity index (χ2v) is 14.4. The topological polar surface area (TPSA) is 124 Å². The molecular formula is C29H36F3N7O4S. The molecule has 6 rings (SSSR count). The number of nitrogens with one attached hydrogen (secondary N) is 1. The zero-order valence-electron chi connectivity index (χ0n) is 24.9. The minimum absolute atomic E-state index is 0.0547. The van der Waals surface area contributed by atoms with E-state index in [1.165, 1.54) is 16.9 Å². The Kier molecular flexibility index (Phi) is 7.45. The number of pyridine rings is 1. The highest BCUT2D eigenvalue weighted by Crippen LogP contribution is 2.59. The van der Waals surface area contributed by atoms with Gasteiger partial charge in [-0.2, -0.15) is 18.3 Å². The van der Waals surface area contributed by atoms with E-state index in [-0.39, 0.29) is 47.7 Å². The summed E-state index contributed by atoms with van der Waals surface area (Å²) in [6, 6.07) is 4.60. The van der Waals surface area contributed by atoms with E-state index in [2.05, 4.69) is 33.7 Å². The fraction of sp³-hybridized carbons (Fsp3) is 0.586. The van der Waals surface area contributed by atoms with Crippen LogP contribution in [0, 0.1) is 18.3 Å². The summed E-state index contributed by atoms with van der Waals surface area (Å²) in [5, 5.41) is 8.70. The molecule has 1 atom stereocenters. The summed E-state index contributed by atoms with van der Waals surface area (Å²) in [5.74, 6) is 0.346. The molecule has 0 spiro atoms. The summed E-state index contributed by atoms with van der Waals surface area (Å²) in [6.07, 6.45) is 2.47. The van der Waals surface area contributed by atoms with Gasteiger partial charge in [-0.05, 0) is 77.3 Å². The van der Waals surface area contributed by atoms with Crippen molar-refractivity contribution < 1.29 is 31.1 Å². The number of fused-ring (bicyclic) bond motifs is 6. The van der Waals surface area contributed by atoms with Crippen molar-refractivity contribution >= 4 is 21.7 Å². The quantitative estimate of drug-likeness (QED) is 0.425. The largest absolute Gasteiger partial charge is 0.477 e. The number of hydrogen-bond donors (Lipinski definition) is 1. The molecule has 44 heavy (non-hydrogen) atoms. The maximum absolute atomic E-state index is 13.6. The first-order chi connectivity index (χ1) is 20.7. The Hall–Kier alpha value is -3.62. The van der Waals surface area contributed by atoms with E-state index < -0.39 is 27.5 Å². The van der Waals surface area contributed by atoms with Gasteiger partial charge in [0.25, 0.3) is 15.9 Å². The molecule has 2 fully saturated rings. The number of anilines is 1. The number of sulfonamides is 1. The van der Waals surface area contributed by atoms with Gasteiger partial charge in [-0.3, -0.25) is 9.48 Å². The van der Waals surface area contributed by atoms with E-state index in [4.69, 9.17) is 9.72 Å². The molecule has 1 N–H and O–H groups in total. The van der Waals surface area contributed by atoms with Gasteiger partial charge >= 0.3 is 6.18 Å². The Morgan fingerprint density at radius 3 is 2.64 bits per heavy atom. The molecule has 11 nitrogen and oxygen atoms in total. The van der Waals surface area contributed by atoms with Crippen molar-refractivity contribution in [3.63, 3.8) is 0 Å². The number of nitrogens with zero attached hydrogens (tertiary/aromatic N) is 6. The molecule has 1 unspecified atom stereocenters. The number of aromatic nitrogens is 5. The van der Waals surface area contributed by atoms with Crippen LogP contribution < -0.4 is 14.4 Å². The molecule has 15 heteroatoms.